The summed E-state index contributed by atoms with van der Waals surface area (Å²) in [6.07, 6.45) is -1.59. The molecule has 1 saturated heterocycles. The summed E-state index contributed by atoms with van der Waals surface area (Å²) >= 11 is 5.18. The highest BCUT2D eigenvalue weighted by atomic mass is 32.2. The molecule has 3 rings (SSSR count). The lowest BCUT2D eigenvalue weighted by Crippen LogP contribution is -2.70. The van der Waals surface area contributed by atoms with E-state index in [1.54, 1.807) is 6.92 Å². The minimum absolute atomic E-state index is 0.0400. The van der Waals surface area contributed by atoms with Crippen LogP contribution in [0.15, 0.2) is 34.5 Å². The molecule has 0 spiro atoms. The first-order chi connectivity index (χ1) is 13.2. The van der Waals surface area contributed by atoms with Crippen LogP contribution in [0.3, 0.4) is 0 Å². The molecule has 0 bridgehead atoms. The largest absolute Gasteiger partial charge is 0.463 e. The Labute approximate surface area is 168 Å². The maximum Gasteiger partial charge on any atom is 0.431 e. The third-order valence-corrected chi connectivity index (χ3v) is 5.72. The van der Waals surface area contributed by atoms with Crippen molar-refractivity contribution in [2.75, 3.05) is 11.5 Å². The fraction of sp³-hybridized carbons (Fsp3) is 0.250. The number of carboxylic acid groups (broad SMARTS) is 1. The molecular formula is C16H15N5O5S2. The number of carbonyl (C=O) groups excluding carboxylic acids is 3. The van der Waals surface area contributed by atoms with Crippen LogP contribution < -0.4 is 11.1 Å². The van der Waals surface area contributed by atoms with Crippen molar-refractivity contribution in [1.82, 2.24) is 15.2 Å². The highest BCUT2D eigenvalue weighted by molar-refractivity contribution is 8.00. The standard InChI is InChI=1S/C16H15N5O5S2/c1-6-5-28-14-10(13(23)21(14)11(6)15(24)27)19-12(22)9(20-16(25)26)7-3-2-4-8(17)18-7/h2-4,10,14H,5H2,1H3,(H2,17,18)(H,19,22)(H,24,27)(H,25,26)/t10?,14-/m1/s1. The number of anilines is 1. The number of aliphatic imine (C=N–C) groups is 1. The Morgan fingerprint density at radius 2 is 2.14 bits per heavy atom. The zero-order chi connectivity index (χ0) is 20.6. The molecule has 1 aromatic heterocycles. The Bertz CT molecular complexity index is 960. The van der Waals surface area contributed by atoms with Gasteiger partial charge in [0.05, 0.1) is 11.4 Å². The summed E-state index contributed by atoms with van der Waals surface area (Å²) in [4.78, 5) is 56.4. The lowest BCUT2D eigenvalue weighted by molar-refractivity contribution is -0.146. The van der Waals surface area contributed by atoms with Gasteiger partial charge in [-0.1, -0.05) is 18.7 Å². The molecule has 0 aliphatic carbocycles. The zero-order valence-electron chi connectivity index (χ0n) is 14.4. The summed E-state index contributed by atoms with van der Waals surface area (Å²) in [5.74, 6) is -0.800. The molecule has 3 amide bonds. The van der Waals surface area contributed by atoms with E-state index in [1.807, 2.05) is 0 Å². The van der Waals surface area contributed by atoms with Gasteiger partial charge in [0.15, 0.2) is 5.71 Å². The fourth-order valence-electron chi connectivity index (χ4n) is 2.89. The van der Waals surface area contributed by atoms with Gasteiger partial charge in [-0.05, 0) is 24.6 Å². The average molecular weight is 421 g/mol. The second kappa shape index (κ2) is 7.64. The van der Waals surface area contributed by atoms with Crippen LogP contribution in [0.25, 0.3) is 0 Å². The van der Waals surface area contributed by atoms with Crippen LogP contribution in [0.5, 0.6) is 0 Å². The van der Waals surface area contributed by atoms with Crippen molar-refractivity contribution in [2.24, 2.45) is 4.99 Å². The highest BCUT2D eigenvalue weighted by Crippen LogP contribution is 2.40. The number of thioether (sulfide) groups is 1. The van der Waals surface area contributed by atoms with E-state index < -0.39 is 40.2 Å². The number of nitrogens with zero attached hydrogens (tertiary/aromatic N) is 3. The van der Waals surface area contributed by atoms with Gasteiger partial charge in [-0.3, -0.25) is 19.3 Å². The van der Waals surface area contributed by atoms with Gasteiger partial charge in [0.25, 0.3) is 11.8 Å². The molecule has 1 fully saturated rings. The number of rotatable bonds is 4. The number of amides is 3. The molecule has 0 aromatic carbocycles. The first-order valence-electron chi connectivity index (χ1n) is 7.93. The number of hydrogen-bond donors (Lipinski definition) is 4. The van der Waals surface area contributed by atoms with Crippen molar-refractivity contribution in [3.63, 3.8) is 0 Å². The van der Waals surface area contributed by atoms with E-state index in [4.69, 9.17) is 10.8 Å². The summed E-state index contributed by atoms with van der Waals surface area (Å²) in [5.41, 5.74) is 5.98. The number of nitrogen functional groups attached to an aromatic ring is 1. The minimum Gasteiger partial charge on any atom is -0.463 e. The molecule has 2 atom stereocenters. The summed E-state index contributed by atoms with van der Waals surface area (Å²) < 4.78 is 0. The lowest BCUT2D eigenvalue weighted by Gasteiger charge is -2.49. The number of β-lactam (4-membered cyclic amide) rings is 1. The molecule has 0 radical (unpaired) electrons. The third kappa shape index (κ3) is 3.60. The second-order valence-corrected chi connectivity index (χ2v) is 7.50. The molecular weight excluding hydrogens is 406 g/mol. The molecule has 4 N–H and O–H groups in total. The van der Waals surface area contributed by atoms with Crippen LogP contribution in [0.2, 0.25) is 0 Å². The van der Waals surface area contributed by atoms with Crippen molar-refractivity contribution in [1.29, 1.82) is 0 Å². The SMILES string of the molecule is CC1=C(C(=O)S)N2C(=O)C(NC(=O)C(=NC(=O)O)c3cccc(N)n3)[C@H]2SC1. The summed E-state index contributed by atoms with van der Waals surface area (Å²) in [7, 11) is 0. The second-order valence-electron chi connectivity index (χ2n) is 5.99. The number of nitrogens with one attached hydrogen (secondary N) is 1. The smallest absolute Gasteiger partial charge is 0.431 e. The summed E-state index contributed by atoms with van der Waals surface area (Å²) in [6, 6.07) is 3.41. The number of pyridine rings is 1. The first-order valence-corrected chi connectivity index (χ1v) is 9.43. The normalized spacial score (nSPS) is 21.7. The molecule has 1 aromatic rings. The van der Waals surface area contributed by atoms with E-state index in [9.17, 15) is 19.2 Å². The Morgan fingerprint density at radius 3 is 2.75 bits per heavy atom. The van der Waals surface area contributed by atoms with Gasteiger partial charge in [-0.25, -0.2) is 9.78 Å². The van der Waals surface area contributed by atoms with Gasteiger partial charge in [0.2, 0.25) is 5.12 Å². The van der Waals surface area contributed by atoms with E-state index in [1.165, 1.54) is 34.9 Å². The molecule has 10 nitrogen and oxygen atoms in total. The highest BCUT2D eigenvalue weighted by Gasteiger charge is 2.53. The molecule has 3 heterocycles. The van der Waals surface area contributed by atoms with Crippen LogP contribution in [-0.4, -0.2) is 60.9 Å². The van der Waals surface area contributed by atoms with Crippen molar-refractivity contribution in [2.45, 2.75) is 18.3 Å². The Hall–Kier alpha value is -2.86. The minimum atomic E-state index is -1.59. The number of fused-ring (bicyclic) bond motifs is 1. The van der Waals surface area contributed by atoms with E-state index in [0.717, 1.165) is 5.57 Å². The van der Waals surface area contributed by atoms with Crippen LogP contribution in [0, 0.1) is 0 Å². The number of thiol groups is 1. The Kier molecular flexibility index (Phi) is 5.42. The van der Waals surface area contributed by atoms with E-state index in [0.29, 0.717) is 5.75 Å². The third-order valence-electron chi connectivity index (χ3n) is 4.08. The summed E-state index contributed by atoms with van der Waals surface area (Å²) in [6.45, 7) is 1.73. The number of nitrogens with two attached hydrogens (primary N) is 1. The first kappa shape index (κ1) is 19.9. The van der Waals surface area contributed by atoms with Gasteiger partial charge in [-0.2, -0.15) is 4.99 Å². The van der Waals surface area contributed by atoms with Gasteiger partial charge in [0.1, 0.15) is 17.2 Å². The van der Waals surface area contributed by atoms with E-state index in [-0.39, 0.29) is 17.2 Å². The molecule has 146 valence electrons. The summed E-state index contributed by atoms with van der Waals surface area (Å²) in [5, 5.41) is 10.4. The monoisotopic (exact) mass is 421 g/mol. The molecule has 28 heavy (non-hydrogen) atoms. The number of hydrogen-bond acceptors (Lipinski definition) is 7. The topological polar surface area (TPSA) is 155 Å². The maximum atomic E-state index is 12.6. The predicted octanol–water partition coefficient (Wildman–Crippen LogP) is 0.261. The van der Waals surface area contributed by atoms with Gasteiger partial charge < -0.3 is 16.2 Å². The predicted molar refractivity (Wildman–Crippen MR) is 105 cm³/mol. The van der Waals surface area contributed by atoms with Crippen molar-refractivity contribution in [3.8, 4) is 0 Å². The van der Waals surface area contributed by atoms with Gasteiger partial charge in [0, 0.05) is 5.75 Å². The van der Waals surface area contributed by atoms with E-state index in [2.05, 4.69) is 27.9 Å². The van der Waals surface area contributed by atoms with Crippen molar-refractivity contribution < 1.29 is 24.3 Å². The molecule has 0 saturated carbocycles. The quantitative estimate of drug-likeness (QED) is 0.307. The average Bonchev–Trinajstić information content (AvgIpc) is 2.63. The molecule has 2 aliphatic heterocycles. The van der Waals surface area contributed by atoms with Crippen LogP contribution >= 0.6 is 24.4 Å². The molecule has 12 heteroatoms. The van der Waals surface area contributed by atoms with Crippen LogP contribution in [-0.2, 0) is 14.4 Å². The Balaban J connectivity index is 1.83. The van der Waals surface area contributed by atoms with Crippen LogP contribution in [0.1, 0.15) is 12.6 Å². The van der Waals surface area contributed by atoms with Crippen LogP contribution in [0.4, 0.5) is 10.6 Å². The Morgan fingerprint density at radius 1 is 1.43 bits per heavy atom. The number of aromatic nitrogens is 1. The maximum absolute atomic E-state index is 12.6. The fourth-order valence-corrected chi connectivity index (χ4v) is 4.48. The lowest BCUT2D eigenvalue weighted by atomic mass is 10.0. The van der Waals surface area contributed by atoms with E-state index >= 15 is 0 Å². The molecule has 1 unspecified atom stereocenters. The van der Waals surface area contributed by atoms with Crippen molar-refractivity contribution >= 4 is 58.9 Å². The van der Waals surface area contributed by atoms with Crippen molar-refractivity contribution in [3.05, 3.63) is 35.2 Å². The van der Waals surface area contributed by atoms with Gasteiger partial charge in [-0.15, -0.1) is 11.8 Å². The molecule has 2 aliphatic rings. The number of carbonyl (C=O) groups is 4. The zero-order valence-corrected chi connectivity index (χ0v) is 16.2. The van der Waals surface area contributed by atoms with Gasteiger partial charge >= 0.3 is 6.09 Å².